The van der Waals surface area contributed by atoms with Crippen LogP contribution < -0.4 is 10.6 Å². The van der Waals surface area contributed by atoms with Crippen molar-refractivity contribution in [3.63, 3.8) is 0 Å². The van der Waals surface area contributed by atoms with Crippen LogP contribution in [0.15, 0.2) is 0 Å². The molecule has 0 bridgehead atoms. The average molecular weight is 237 g/mol. The zero-order chi connectivity index (χ0) is 12.7. The summed E-state index contributed by atoms with van der Waals surface area (Å²) in [5, 5.41) is 15.1. The lowest BCUT2D eigenvalue weighted by molar-refractivity contribution is -0.121. The molecular formula is C13H23N3O. The van der Waals surface area contributed by atoms with Crippen molar-refractivity contribution in [3.8, 4) is 6.07 Å². The topological polar surface area (TPSA) is 64.9 Å². The van der Waals surface area contributed by atoms with E-state index < -0.39 is 5.41 Å². The molecule has 1 heterocycles. The molecule has 1 atom stereocenters. The number of nitrogens with zero attached hydrogens (tertiary/aromatic N) is 1. The number of carbonyl (C=O) groups excluding carboxylic acids is 1. The maximum atomic E-state index is 11.6. The highest BCUT2D eigenvalue weighted by molar-refractivity contribution is 5.75. The summed E-state index contributed by atoms with van der Waals surface area (Å²) in [6.07, 6.45) is 5.15. The van der Waals surface area contributed by atoms with E-state index in [9.17, 15) is 4.79 Å². The van der Waals surface area contributed by atoms with Gasteiger partial charge >= 0.3 is 0 Å². The fourth-order valence-electron chi connectivity index (χ4n) is 1.92. The lowest BCUT2D eigenvalue weighted by atomic mass is 9.96. The molecule has 1 fully saturated rings. The number of rotatable bonds is 5. The number of nitrogens with one attached hydrogen (secondary N) is 2. The van der Waals surface area contributed by atoms with Crippen LogP contribution in [0.3, 0.4) is 0 Å². The fraction of sp³-hybridized carbons (Fsp3) is 0.846. The van der Waals surface area contributed by atoms with Gasteiger partial charge < -0.3 is 10.6 Å². The van der Waals surface area contributed by atoms with E-state index in [1.54, 1.807) is 0 Å². The second-order valence-corrected chi connectivity index (χ2v) is 5.46. The van der Waals surface area contributed by atoms with Crippen LogP contribution in [0.25, 0.3) is 0 Å². The van der Waals surface area contributed by atoms with Crippen LogP contribution in [-0.4, -0.2) is 25.0 Å². The Hall–Kier alpha value is -1.08. The first-order valence-corrected chi connectivity index (χ1v) is 6.45. The molecule has 4 nitrogen and oxygen atoms in total. The first-order valence-electron chi connectivity index (χ1n) is 6.45. The number of hydrogen-bond donors (Lipinski definition) is 2. The molecular weight excluding hydrogens is 214 g/mol. The Bertz CT molecular complexity index is 288. The molecule has 2 N–H and O–H groups in total. The maximum Gasteiger partial charge on any atom is 0.220 e. The lowest BCUT2D eigenvalue weighted by Crippen LogP contribution is -2.37. The van der Waals surface area contributed by atoms with E-state index >= 15 is 0 Å². The third kappa shape index (κ3) is 5.69. The Balaban J connectivity index is 2.15. The van der Waals surface area contributed by atoms with E-state index in [1.807, 2.05) is 13.8 Å². The second kappa shape index (κ2) is 6.61. The van der Waals surface area contributed by atoms with Gasteiger partial charge in [0.25, 0.3) is 0 Å². The minimum atomic E-state index is -0.473. The molecule has 0 aromatic carbocycles. The van der Waals surface area contributed by atoms with Crippen LogP contribution in [0.4, 0.5) is 0 Å². The number of hydrogen-bond acceptors (Lipinski definition) is 3. The van der Waals surface area contributed by atoms with E-state index in [0.717, 1.165) is 13.0 Å². The van der Waals surface area contributed by atoms with Crippen LogP contribution in [0.5, 0.6) is 0 Å². The van der Waals surface area contributed by atoms with Gasteiger partial charge in [-0.2, -0.15) is 5.26 Å². The Morgan fingerprint density at radius 3 is 2.88 bits per heavy atom. The molecule has 1 amide bonds. The van der Waals surface area contributed by atoms with Crippen LogP contribution in [-0.2, 0) is 4.79 Å². The first-order chi connectivity index (χ1) is 8.03. The standard InChI is InChI=1S/C13H23N3O/c1-13(2,9-14)10-16-12(17)7-6-11-5-3-4-8-15-11/h11,15H,3-8,10H2,1-2H3,(H,16,17). The Morgan fingerprint density at radius 2 is 2.29 bits per heavy atom. The summed E-state index contributed by atoms with van der Waals surface area (Å²) >= 11 is 0. The molecule has 1 rings (SSSR count). The maximum absolute atomic E-state index is 11.6. The predicted molar refractivity (Wildman–Crippen MR) is 67.3 cm³/mol. The average Bonchev–Trinajstić information content (AvgIpc) is 2.35. The summed E-state index contributed by atoms with van der Waals surface area (Å²) in [6, 6.07) is 2.67. The minimum absolute atomic E-state index is 0.0562. The SMILES string of the molecule is CC(C)(C#N)CNC(=O)CCC1CCCCN1. The highest BCUT2D eigenvalue weighted by atomic mass is 16.1. The largest absolute Gasteiger partial charge is 0.355 e. The monoisotopic (exact) mass is 237 g/mol. The quantitative estimate of drug-likeness (QED) is 0.763. The van der Waals surface area contributed by atoms with Gasteiger partial charge in [0.2, 0.25) is 5.91 Å². The summed E-state index contributed by atoms with van der Waals surface area (Å²) in [6.45, 7) is 5.17. The highest BCUT2D eigenvalue weighted by Gasteiger charge is 2.18. The minimum Gasteiger partial charge on any atom is -0.355 e. The molecule has 1 aliphatic rings. The lowest BCUT2D eigenvalue weighted by Gasteiger charge is -2.23. The third-order valence-electron chi connectivity index (χ3n) is 3.16. The number of amides is 1. The summed E-state index contributed by atoms with van der Waals surface area (Å²) in [4.78, 5) is 11.6. The van der Waals surface area contributed by atoms with Gasteiger partial charge in [-0.1, -0.05) is 6.42 Å². The van der Waals surface area contributed by atoms with Crippen molar-refractivity contribution < 1.29 is 4.79 Å². The molecule has 0 aliphatic carbocycles. The van der Waals surface area contributed by atoms with E-state index in [0.29, 0.717) is 19.0 Å². The first kappa shape index (κ1) is 14.0. The number of nitriles is 1. The molecule has 17 heavy (non-hydrogen) atoms. The summed E-state index contributed by atoms with van der Waals surface area (Å²) in [5.74, 6) is 0.0562. The van der Waals surface area contributed by atoms with Crippen LogP contribution in [0, 0.1) is 16.7 Å². The normalized spacial score (nSPS) is 20.6. The van der Waals surface area contributed by atoms with E-state index in [-0.39, 0.29) is 5.91 Å². The molecule has 0 spiro atoms. The zero-order valence-electron chi connectivity index (χ0n) is 10.9. The van der Waals surface area contributed by atoms with Crippen LogP contribution in [0.2, 0.25) is 0 Å². The van der Waals surface area contributed by atoms with Crippen molar-refractivity contribution in [1.29, 1.82) is 5.26 Å². The van der Waals surface area contributed by atoms with E-state index in [1.165, 1.54) is 19.3 Å². The van der Waals surface area contributed by atoms with Gasteiger partial charge in [-0.05, 0) is 39.7 Å². The van der Waals surface area contributed by atoms with Crippen molar-refractivity contribution in [2.45, 2.75) is 52.0 Å². The zero-order valence-corrected chi connectivity index (χ0v) is 10.9. The van der Waals surface area contributed by atoms with Gasteiger partial charge in [-0.15, -0.1) is 0 Å². The highest BCUT2D eigenvalue weighted by Crippen LogP contribution is 2.13. The molecule has 1 aliphatic heterocycles. The number of carbonyl (C=O) groups is 1. The van der Waals surface area contributed by atoms with Gasteiger partial charge in [-0.25, -0.2) is 0 Å². The smallest absolute Gasteiger partial charge is 0.220 e. The van der Waals surface area contributed by atoms with Gasteiger partial charge in [0.1, 0.15) is 0 Å². The Morgan fingerprint density at radius 1 is 1.53 bits per heavy atom. The molecule has 0 radical (unpaired) electrons. The van der Waals surface area contributed by atoms with Crippen molar-refractivity contribution in [3.05, 3.63) is 0 Å². The second-order valence-electron chi connectivity index (χ2n) is 5.46. The molecule has 0 saturated carbocycles. The Kier molecular flexibility index (Phi) is 5.43. The van der Waals surface area contributed by atoms with Crippen LogP contribution in [0.1, 0.15) is 46.0 Å². The van der Waals surface area contributed by atoms with E-state index in [4.69, 9.17) is 5.26 Å². The molecule has 96 valence electrons. The summed E-state index contributed by atoms with van der Waals surface area (Å²) < 4.78 is 0. The van der Waals surface area contributed by atoms with Gasteiger partial charge in [0, 0.05) is 19.0 Å². The van der Waals surface area contributed by atoms with Crippen molar-refractivity contribution in [1.82, 2.24) is 10.6 Å². The predicted octanol–water partition coefficient (Wildman–Crippen LogP) is 1.57. The van der Waals surface area contributed by atoms with Crippen molar-refractivity contribution in [2.75, 3.05) is 13.1 Å². The van der Waals surface area contributed by atoms with Gasteiger partial charge in [0.15, 0.2) is 0 Å². The van der Waals surface area contributed by atoms with Crippen LogP contribution >= 0.6 is 0 Å². The van der Waals surface area contributed by atoms with E-state index in [2.05, 4.69) is 16.7 Å². The summed E-state index contributed by atoms with van der Waals surface area (Å²) in [5.41, 5.74) is -0.473. The van der Waals surface area contributed by atoms with Gasteiger partial charge in [0.05, 0.1) is 11.5 Å². The number of piperidine rings is 1. The molecule has 4 heteroatoms. The van der Waals surface area contributed by atoms with Crippen molar-refractivity contribution >= 4 is 5.91 Å². The summed E-state index contributed by atoms with van der Waals surface area (Å²) in [7, 11) is 0. The molecule has 0 aromatic rings. The van der Waals surface area contributed by atoms with Gasteiger partial charge in [-0.3, -0.25) is 4.79 Å². The molecule has 0 aromatic heterocycles. The molecule has 1 unspecified atom stereocenters. The Labute approximate surface area is 104 Å². The van der Waals surface area contributed by atoms with Crippen molar-refractivity contribution in [2.24, 2.45) is 5.41 Å². The molecule has 1 saturated heterocycles. The third-order valence-corrected chi connectivity index (χ3v) is 3.16. The fourth-order valence-corrected chi connectivity index (χ4v) is 1.92.